The Morgan fingerprint density at radius 3 is 2.40 bits per heavy atom. The summed E-state index contributed by atoms with van der Waals surface area (Å²) in [7, 11) is -3.58. The van der Waals surface area contributed by atoms with E-state index in [-0.39, 0.29) is 23.0 Å². The van der Waals surface area contributed by atoms with E-state index in [0.29, 0.717) is 18.1 Å². The summed E-state index contributed by atoms with van der Waals surface area (Å²) >= 11 is 5.84. The molecule has 1 heterocycles. The van der Waals surface area contributed by atoms with Crippen LogP contribution < -0.4 is 0 Å². The number of halogens is 1. The van der Waals surface area contributed by atoms with E-state index in [1.54, 1.807) is 17.3 Å². The largest absolute Gasteiger partial charge is 0.334 e. The molecule has 0 bridgehead atoms. The zero-order valence-electron chi connectivity index (χ0n) is 16.7. The van der Waals surface area contributed by atoms with Crippen LogP contribution in [0.2, 0.25) is 5.02 Å². The molecule has 1 amide bonds. The fraction of sp³-hybridized carbons (Fsp3) is 0.217. The first-order valence-electron chi connectivity index (χ1n) is 9.55. The summed E-state index contributed by atoms with van der Waals surface area (Å²) in [6.45, 7) is 2.76. The Kier molecular flexibility index (Phi) is 7.24. The molecular weight excluding hydrogens is 420 g/mol. The molecule has 0 saturated heterocycles. The van der Waals surface area contributed by atoms with Gasteiger partial charge in [-0.3, -0.25) is 9.78 Å². The molecule has 0 radical (unpaired) electrons. The van der Waals surface area contributed by atoms with Crippen molar-refractivity contribution in [1.82, 2.24) is 9.88 Å². The molecule has 0 aliphatic rings. The van der Waals surface area contributed by atoms with Crippen LogP contribution in [0.4, 0.5) is 0 Å². The van der Waals surface area contributed by atoms with Crippen molar-refractivity contribution in [3.63, 3.8) is 0 Å². The Morgan fingerprint density at radius 1 is 1.00 bits per heavy atom. The van der Waals surface area contributed by atoms with Gasteiger partial charge in [-0.05, 0) is 53.9 Å². The number of hydrogen-bond acceptors (Lipinski definition) is 4. The second-order valence-corrected chi connectivity index (χ2v) is 9.61. The third-order valence-electron chi connectivity index (χ3n) is 4.83. The van der Waals surface area contributed by atoms with Crippen LogP contribution in [0.3, 0.4) is 0 Å². The van der Waals surface area contributed by atoms with Gasteiger partial charge in [0, 0.05) is 36.9 Å². The molecule has 3 rings (SSSR count). The number of benzene rings is 2. The summed E-state index contributed by atoms with van der Waals surface area (Å²) < 4.78 is 25.2. The van der Waals surface area contributed by atoms with Crippen LogP contribution in [-0.4, -0.2) is 30.0 Å². The molecule has 0 aliphatic carbocycles. The number of carbonyl (C=O) groups excluding carboxylic acids is 1. The molecule has 0 saturated carbocycles. The zero-order valence-corrected chi connectivity index (χ0v) is 18.2. The quantitative estimate of drug-likeness (QED) is 0.517. The van der Waals surface area contributed by atoms with E-state index in [1.165, 1.54) is 24.3 Å². The number of amides is 1. The third kappa shape index (κ3) is 5.90. The lowest BCUT2D eigenvalue weighted by Crippen LogP contribution is -2.31. The molecule has 2 aromatic carbocycles. The number of nitrogens with zero attached hydrogens (tertiary/aromatic N) is 2. The summed E-state index contributed by atoms with van der Waals surface area (Å²) in [6.07, 6.45) is 3.29. The number of rotatable bonds is 8. The first kappa shape index (κ1) is 22.0. The fourth-order valence-corrected chi connectivity index (χ4v) is 4.43. The van der Waals surface area contributed by atoms with E-state index in [4.69, 9.17) is 11.6 Å². The van der Waals surface area contributed by atoms with E-state index >= 15 is 0 Å². The van der Waals surface area contributed by atoms with E-state index in [9.17, 15) is 13.2 Å². The summed E-state index contributed by atoms with van der Waals surface area (Å²) in [5, 5.41) is 0.464. The Bertz CT molecular complexity index is 1100. The highest BCUT2D eigenvalue weighted by atomic mass is 35.5. The first-order chi connectivity index (χ1) is 14.3. The number of aryl methyl sites for hydroxylation is 1. The monoisotopic (exact) mass is 442 g/mol. The highest BCUT2D eigenvalue weighted by Crippen LogP contribution is 2.18. The predicted octanol–water partition coefficient (Wildman–Crippen LogP) is 4.44. The number of aromatic nitrogens is 1. The highest BCUT2D eigenvalue weighted by Gasteiger charge is 2.21. The smallest absolute Gasteiger partial charge is 0.224 e. The van der Waals surface area contributed by atoms with Gasteiger partial charge in [0.25, 0.3) is 0 Å². The molecule has 3 aromatic rings. The predicted molar refractivity (Wildman–Crippen MR) is 118 cm³/mol. The van der Waals surface area contributed by atoms with E-state index in [1.807, 2.05) is 43.3 Å². The van der Waals surface area contributed by atoms with Gasteiger partial charge in [0.1, 0.15) is 0 Å². The molecule has 5 nitrogen and oxygen atoms in total. The highest BCUT2D eigenvalue weighted by molar-refractivity contribution is 7.91. The minimum absolute atomic E-state index is 0.100. The van der Waals surface area contributed by atoms with Crippen molar-refractivity contribution in [2.75, 3.05) is 5.75 Å². The molecule has 0 unspecified atom stereocenters. The van der Waals surface area contributed by atoms with Crippen molar-refractivity contribution in [3.05, 3.63) is 94.8 Å². The molecule has 0 fully saturated rings. The standard InChI is InChI=1S/C23H23ClN2O3S/c1-18-5-2-3-7-20(18)17-26(16-19-6-4-13-25-15-19)23(27)12-14-30(28,29)22-10-8-21(24)9-11-22/h2-11,13,15H,12,14,16-17H2,1H3. The fourth-order valence-electron chi connectivity index (χ4n) is 3.08. The van der Waals surface area contributed by atoms with Crippen LogP contribution in [-0.2, 0) is 27.7 Å². The second kappa shape index (κ2) is 9.87. The van der Waals surface area contributed by atoms with Crippen molar-refractivity contribution in [3.8, 4) is 0 Å². The SMILES string of the molecule is Cc1ccccc1CN(Cc1cccnc1)C(=O)CCS(=O)(=O)c1ccc(Cl)cc1. The van der Waals surface area contributed by atoms with Crippen LogP contribution in [0.15, 0.2) is 78.0 Å². The minimum Gasteiger partial charge on any atom is -0.334 e. The first-order valence-corrected chi connectivity index (χ1v) is 11.6. The van der Waals surface area contributed by atoms with E-state index < -0.39 is 9.84 Å². The van der Waals surface area contributed by atoms with Crippen LogP contribution >= 0.6 is 11.6 Å². The van der Waals surface area contributed by atoms with Gasteiger partial charge in [-0.1, -0.05) is 41.9 Å². The Hall–Kier alpha value is -2.70. The molecule has 1 aromatic heterocycles. The molecule has 7 heteroatoms. The van der Waals surface area contributed by atoms with Crippen molar-refractivity contribution < 1.29 is 13.2 Å². The number of hydrogen-bond donors (Lipinski definition) is 0. The van der Waals surface area contributed by atoms with Crippen molar-refractivity contribution in [2.24, 2.45) is 0 Å². The van der Waals surface area contributed by atoms with Crippen molar-refractivity contribution >= 4 is 27.3 Å². The number of sulfone groups is 1. The summed E-state index contributed by atoms with van der Waals surface area (Å²) in [6, 6.07) is 17.5. The second-order valence-electron chi connectivity index (χ2n) is 7.06. The molecular formula is C23H23ClN2O3S. The van der Waals surface area contributed by atoms with Gasteiger partial charge in [0.15, 0.2) is 9.84 Å². The van der Waals surface area contributed by atoms with E-state index in [0.717, 1.165) is 16.7 Å². The third-order valence-corrected chi connectivity index (χ3v) is 6.81. The van der Waals surface area contributed by atoms with Gasteiger partial charge < -0.3 is 4.90 Å². The van der Waals surface area contributed by atoms with Crippen molar-refractivity contribution in [2.45, 2.75) is 31.3 Å². The molecule has 0 aliphatic heterocycles. The summed E-state index contributed by atoms with van der Waals surface area (Å²) in [5.41, 5.74) is 2.99. The Balaban J connectivity index is 1.75. The summed E-state index contributed by atoms with van der Waals surface area (Å²) in [4.78, 5) is 19.0. The average Bonchev–Trinajstić information content (AvgIpc) is 2.74. The van der Waals surface area contributed by atoms with Crippen LogP contribution in [0, 0.1) is 6.92 Å². The van der Waals surface area contributed by atoms with Crippen LogP contribution in [0.25, 0.3) is 0 Å². The van der Waals surface area contributed by atoms with Gasteiger partial charge in [0.2, 0.25) is 5.91 Å². The normalized spacial score (nSPS) is 11.3. The maximum atomic E-state index is 13.0. The lowest BCUT2D eigenvalue weighted by molar-refractivity contribution is -0.132. The Morgan fingerprint density at radius 2 is 1.73 bits per heavy atom. The zero-order chi connectivity index (χ0) is 21.6. The molecule has 156 valence electrons. The molecule has 30 heavy (non-hydrogen) atoms. The van der Waals surface area contributed by atoms with Crippen LogP contribution in [0.5, 0.6) is 0 Å². The van der Waals surface area contributed by atoms with Crippen LogP contribution in [0.1, 0.15) is 23.1 Å². The number of pyridine rings is 1. The van der Waals surface area contributed by atoms with E-state index in [2.05, 4.69) is 4.98 Å². The topological polar surface area (TPSA) is 67.3 Å². The maximum absolute atomic E-state index is 13.0. The van der Waals surface area contributed by atoms with Gasteiger partial charge in [-0.15, -0.1) is 0 Å². The molecule has 0 atom stereocenters. The minimum atomic E-state index is -3.58. The summed E-state index contributed by atoms with van der Waals surface area (Å²) in [5.74, 6) is -0.482. The van der Waals surface area contributed by atoms with Gasteiger partial charge in [0.05, 0.1) is 10.6 Å². The lowest BCUT2D eigenvalue weighted by atomic mass is 10.1. The van der Waals surface area contributed by atoms with Gasteiger partial charge >= 0.3 is 0 Å². The maximum Gasteiger partial charge on any atom is 0.224 e. The average molecular weight is 443 g/mol. The van der Waals surface area contributed by atoms with Crippen molar-refractivity contribution in [1.29, 1.82) is 0 Å². The lowest BCUT2D eigenvalue weighted by Gasteiger charge is -2.24. The van der Waals surface area contributed by atoms with Gasteiger partial charge in [-0.2, -0.15) is 0 Å². The molecule has 0 N–H and O–H groups in total. The number of carbonyl (C=O) groups is 1. The Labute approximate surface area is 182 Å². The van der Waals surface area contributed by atoms with Gasteiger partial charge in [-0.25, -0.2) is 8.42 Å². The molecule has 0 spiro atoms.